The van der Waals surface area contributed by atoms with Crippen molar-refractivity contribution in [3.05, 3.63) is 35.9 Å². The van der Waals surface area contributed by atoms with E-state index in [0.29, 0.717) is 12.6 Å². The molecule has 1 fully saturated rings. The van der Waals surface area contributed by atoms with Crippen LogP contribution in [-0.4, -0.2) is 41.6 Å². The molecule has 0 amide bonds. The first kappa shape index (κ1) is 13.8. The van der Waals surface area contributed by atoms with Crippen molar-refractivity contribution < 1.29 is 5.21 Å². The molecular formula is C14H22N4O. The molecule has 1 atom stereocenters. The minimum Gasteiger partial charge on any atom is -0.409 e. The lowest BCUT2D eigenvalue weighted by atomic mass is 10.0. The van der Waals surface area contributed by atoms with Gasteiger partial charge in [-0.3, -0.25) is 4.90 Å². The van der Waals surface area contributed by atoms with Crippen LogP contribution in [0.4, 0.5) is 0 Å². The molecule has 5 heteroatoms. The first-order chi connectivity index (χ1) is 9.28. The van der Waals surface area contributed by atoms with Gasteiger partial charge in [0.25, 0.3) is 0 Å². The summed E-state index contributed by atoms with van der Waals surface area (Å²) >= 11 is 0. The Kier molecular flexibility index (Phi) is 5.18. The maximum absolute atomic E-state index is 8.52. The van der Waals surface area contributed by atoms with Gasteiger partial charge in [0.2, 0.25) is 0 Å². The molecule has 0 saturated carbocycles. The van der Waals surface area contributed by atoms with E-state index in [0.717, 1.165) is 26.1 Å². The number of hydrogen-bond acceptors (Lipinski definition) is 4. The Bertz CT molecular complexity index is 407. The van der Waals surface area contributed by atoms with Gasteiger partial charge in [0.05, 0.1) is 6.54 Å². The zero-order chi connectivity index (χ0) is 13.5. The molecule has 0 spiro atoms. The lowest BCUT2D eigenvalue weighted by Crippen LogP contribution is -2.47. The van der Waals surface area contributed by atoms with E-state index in [1.807, 2.05) is 6.07 Å². The number of oxime groups is 1. The van der Waals surface area contributed by atoms with Gasteiger partial charge in [0.1, 0.15) is 0 Å². The maximum atomic E-state index is 8.52. The third kappa shape index (κ3) is 4.54. The maximum Gasteiger partial charge on any atom is 0.153 e. The molecule has 19 heavy (non-hydrogen) atoms. The second-order valence-corrected chi connectivity index (χ2v) is 5.03. The molecule has 5 nitrogen and oxygen atoms in total. The molecular weight excluding hydrogens is 240 g/mol. The average molecular weight is 262 g/mol. The third-order valence-electron chi connectivity index (χ3n) is 3.45. The van der Waals surface area contributed by atoms with E-state index in [9.17, 15) is 0 Å². The fourth-order valence-electron chi connectivity index (χ4n) is 2.49. The standard InChI is InChI=1S/C14H22N4O/c15-14(17-19)9-16-13-7-4-8-18(11-13)10-12-5-2-1-3-6-12/h1-3,5-6,13,16,19H,4,7-11H2,(H2,15,17). The number of nitrogens with one attached hydrogen (secondary N) is 1. The van der Waals surface area contributed by atoms with Gasteiger partial charge in [-0.05, 0) is 24.9 Å². The first-order valence-corrected chi connectivity index (χ1v) is 6.74. The smallest absolute Gasteiger partial charge is 0.153 e. The zero-order valence-electron chi connectivity index (χ0n) is 11.1. The highest BCUT2D eigenvalue weighted by Crippen LogP contribution is 2.13. The quantitative estimate of drug-likeness (QED) is 0.320. The molecule has 0 aromatic heterocycles. The number of nitrogens with zero attached hydrogens (tertiary/aromatic N) is 2. The van der Waals surface area contributed by atoms with Crippen LogP contribution in [0.1, 0.15) is 18.4 Å². The molecule has 1 saturated heterocycles. The van der Waals surface area contributed by atoms with Crippen LogP contribution in [0.15, 0.2) is 35.5 Å². The van der Waals surface area contributed by atoms with Crippen molar-refractivity contribution in [2.75, 3.05) is 19.6 Å². The number of amidine groups is 1. The minimum atomic E-state index is 0.236. The largest absolute Gasteiger partial charge is 0.409 e. The highest BCUT2D eigenvalue weighted by atomic mass is 16.4. The molecule has 1 aromatic carbocycles. The number of likely N-dealkylation sites (tertiary alicyclic amines) is 1. The Labute approximate surface area is 114 Å². The van der Waals surface area contributed by atoms with E-state index in [2.05, 4.69) is 39.6 Å². The second-order valence-electron chi connectivity index (χ2n) is 5.03. The Morgan fingerprint density at radius 1 is 1.42 bits per heavy atom. The monoisotopic (exact) mass is 262 g/mol. The van der Waals surface area contributed by atoms with Gasteiger partial charge in [-0.1, -0.05) is 35.5 Å². The van der Waals surface area contributed by atoms with E-state index in [1.165, 1.54) is 12.0 Å². The molecule has 1 heterocycles. The molecule has 0 aliphatic carbocycles. The highest BCUT2D eigenvalue weighted by molar-refractivity contribution is 5.81. The van der Waals surface area contributed by atoms with E-state index in [1.54, 1.807) is 0 Å². The summed E-state index contributed by atoms with van der Waals surface area (Å²) in [5.74, 6) is 0.236. The van der Waals surface area contributed by atoms with Crippen molar-refractivity contribution in [2.24, 2.45) is 10.9 Å². The Morgan fingerprint density at radius 2 is 2.21 bits per heavy atom. The summed E-state index contributed by atoms with van der Waals surface area (Å²) in [4.78, 5) is 2.45. The van der Waals surface area contributed by atoms with Crippen molar-refractivity contribution in [3.8, 4) is 0 Å². The van der Waals surface area contributed by atoms with E-state index in [-0.39, 0.29) is 5.84 Å². The van der Waals surface area contributed by atoms with Gasteiger partial charge < -0.3 is 16.3 Å². The predicted octanol–water partition coefficient (Wildman–Crippen LogP) is 0.987. The van der Waals surface area contributed by atoms with E-state index in [4.69, 9.17) is 10.9 Å². The summed E-state index contributed by atoms with van der Waals surface area (Å²) in [5.41, 5.74) is 6.82. The number of nitrogens with two attached hydrogens (primary N) is 1. The molecule has 0 radical (unpaired) electrons. The molecule has 1 aliphatic rings. The number of hydrogen-bond donors (Lipinski definition) is 3. The van der Waals surface area contributed by atoms with Crippen molar-refractivity contribution in [1.82, 2.24) is 10.2 Å². The number of rotatable bonds is 5. The predicted molar refractivity (Wildman–Crippen MR) is 76.2 cm³/mol. The minimum absolute atomic E-state index is 0.236. The molecule has 4 N–H and O–H groups in total. The summed E-state index contributed by atoms with van der Waals surface area (Å²) in [5, 5.41) is 14.8. The Morgan fingerprint density at radius 3 is 2.95 bits per heavy atom. The second kappa shape index (κ2) is 7.11. The van der Waals surface area contributed by atoms with Crippen molar-refractivity contribution in [3.63, 3.8) is 0 Å². The van der Waals surface area contributed by atoms with Crippen LogP contribution < -0.4 is 11.1 Å². The molecule has 1 aromatic rings. The highest BCUT2D eigenvalue weighted by Gasteiger charge is 2.19. The molecule has 1 unspecified atom stereocenters. The molecule has 2 rings (SSSR count). The molecule has 104 valence electrons. The van der Waals surface area contributed by atoms with Crippen LogP contribution >= 0.6 is 0 Å². The van der Waals surface area contributed by atoms with Crippen LogP contribution in [0.3, 0.4) is 0 Å². The van der Waals surface area contributed by atoms with Crippen LogP contribution in [0, 0.1) is 0 Å². The fourth-order valence-corrected chi connectivity index (χ4v) is 2.49. The lowest BCUT2D eigenvalue weighted by molar-refractivity contribution is 0.186. The van der Waals surface area contributed by atoms with Crippen molar-refractivity contribution >= 4 is 5.84 Å². The first-order valence-electron chi connectivity index (χ1n) is 6.74. The van der Waals surface area contributed by atoms with Gasteiger partial charge in [-0.25, -0.2) is 0 Å². The van der Waals surface area contributed by atoms with Crippen molar-refractivity contribution in [2.45, 2.75) is 25.4 Å². The summed E-state index contributed by atoms with van der Waals surface area (Å²) in [6.45, 7) is 3.58. The molecule has 1 aliphatic heterocycles. The summed E-state index contributed by atoms with van der Waals surface area (Å²) in [7, 11) is 0. The fraction of sp³-hybridized carbons (Fsp3) is 0.500. The van der Waals surface area contributed by atoms with Crippen LogP contribution in [0.25, 0.3) is 0 Å². The lowest BCUT2D eigenvalue weighted by Gasteiger charge is -2.33. The normalized spacial score (nSPS) is 21.5. The van der Waals surface area contributed by atoms with Gasteiger partial charge in [-0.15, -0.1) is 0 Å². The van der Waals surface area contributed by atoms with Crippen LogP contribution in [-0.2, 0) is 6.54 Å². The van der Waals surface area contributed by atoms with Gasteiger partial charge in [0.15, 0.2) is 5.84 Å². The van der Waals surface area contributed by atoms with Gasteiger partial charge in [0, 0.05) is 19.1 Å². The Hall–Kier alpha value is -1.59. The average Bonchev–Trinajstić information content (AvgIpc) is 2.46. The molecule has 0 bridgehead atoms. The summed E-state index contributed by atoms with van der Waals surface area (Å²) in [6.07, 6.45) is 2.32. The zero-order valence-corrected chi connectivity index (χ0v) is 11.1. The third-order valence-corrected chi connectivity index (χ3v) is 3.45. The summed E-state index contributed by atoms with van der Waals surface area (Å²) < 4.78 is 0. The van der Waals surface area contributed by atoms with Crippen molar-refractivity contribution in [1.29, 1.82) is 0 Å². The van der Waals surface area contributed by atoms with E-state index >= 15 is 0 Å². The number of piperidine rings is 1. The van der Waals surface area contributed by atoms with Gasteiger partial charge >= 0.3 is 0 Å². The Balaban J connectivity index is 1.80. The SMILES string of the molecule is NC(CNC1CCCN(Cc2ccccc2)C1)=NO. The number of benzene rings is 1. The van der Waals surface area contributed by atoms with Gasteiger partial charge in [-0.2, -0.15) is 0 Å². The topological polar surface area (TPSA) is 73.9 Å². The van der Waals surface area contributed by atoms with Crippen LogP contribution in [0.2, 0.25) is 0 Å². The van der Waals surface area contributed by atoms with Crippen LogP contribution in [0.5, 0.6) is 0 Å². The summed E-state index contributed by atoms with van der Waals surface area (Å²) in [6, 6.07) is 10.9. The van der Waals surface area contributed by atoms with E-state index < -0.39 is 0 Å².